The van der Waals surface area contributed by atoms with Crippen molar-refractivity contribution < 1.29 is 19.1 Å². The fraction of sp³-hybridized carbons (Fsp3) is 0.429. The Balaban J connectivity index is 2.95. The standard InChI is InChI=1S/C14H19NO4/c1-9-10(2)14(19-4)11(7-12(9)18-3)5-6-15-13(17)8-16/h7-8H,5-6H2,1-4H3,(H,15,17). The van der Waals surface area contributed by atoms with Gasteiger partial charge in [-0.05, 0) is 43.0 Å². The molecule has 0 aliphatic heterocycles. The lowest BCUT2D eigenvalue weighted by atomic mass is 10.0. The van der Waals surface area contributed by atoms with Crippen molar-refractivity contribution in [2.24, 2.45) is 0 Å². The van der Waals surface area contributed by atoms with Gasteiger partial charge in [0.2, 0.25) is 6.29 Å². The van der Waals surface area contributed by atoms with E-state index in [9.17, 15) is 9.59 Å². The monoisotopic (exact) mass is 265 g/mol. The summed E-state index contributed by atoms with van der Waals surface area (Å²) in [6.07, 6.45) is 0.832. The summed E-state index contributed by atoms with van der Waals surface area (Å²) < 4.78 is 10.7. The van der Waals surface area contributed by atoms with Gasteiger partial charge in [-0.1, -0.05) is 0 Å². The second kappa shape index (κ2) is 6.78. The van der Waals surface area contributed by atoms with Crippen LogP contribution in [0.1, 0.15) is 16.7 Å². The maximum Gasteiger partial charge on any atom is 0.284 e. The highest BCUT2D eigenvalue weighted by Crippen LogP contribution is 2.33. The van der Waals surface area contributed by atoms with Gasteiger partial charge in [-0.3, -0.25) is 9.59 Å². The van der Waals surface area contributed by atoms with Crippen molar-refractivity contribution in [3.8, 4) is 11.5 Å². The third-order valence-electron chi connectivity index (χ3n) is 3.09. The smallest absolute Gasteiger partial charge is 0.284 e. The van der Waals surface area contributed by atoms with E-state index in [-0.39, 0.29) is 6.29 Å². The SMILES string of the molecule is COc1cc(CCNC(=O)C=O)c(OC)c(C)c1C. The Hall–Kier alpha value is -2.04. The molecule has 0 atom stereocenters. The quantitative estimate of drug-likeness (QED) is 0.619. The molecule has 0 radical (unpaired) electrons. The van der Waals surface area contributed by atoms with E-state index in [0.717, 1.165) is 28.2 Å². The van der Waals surface area contributed by atoms with Gasteiger partial charge in [0, 0.05) is 6.54 Å². The van der Waals surface area contributed by atoms with Crippen molar-refractivity contribution >= 4 is 12.2 Å². The third-order valence-corrected chi connectivity index (χ3v) is 3.09. The molecule has 0 aromatic heterocycles. The Bertz CT molecular complexity index is 483. The van der Waals surface area contributed by atoms with Crippen LogP contribution in [0.2, 0.25) is 0 Å². The summed E-state index contributed by atoms with van der Waals surface area (Å²) in [6.45, 7) is 4.30. The lowest BCUT2D eigenvalue weighted by Gasteiger charge is -2.16. The number of amides is 1. The van der Waals surface area contributed by atoms with Crippen LogP contribution in [0.15, 0.2) is 6.07 Å². The normalized spacial score (nSPS) is 9.89. The summed E-state index contributed by atoms with van der Waals surface area (Å²) in [5, 5.41) is 2.50. The zero-order valence-electron chi connectivity index (χ0n) is 11.7. The topological polar surface area (TPSA) is 64.6 Å². The highest BCUT2D eigenvalue weighted by atomic mass is 16.5. The Kier molecular flexibility index (Phi) is 5.36. The average molecular weight is 265 g/mol. The van der Waals surface area contributed by atoms with Crippen molar-refractivity contribution in [1.29, 1.82) is 0 Å². The van der Waals surface area contributed by atoms with Crippen LogP contribution in [0.4, 0.5) is 0 Å². The van der Waals surface area contributed by atoms with Gasteiger partial charge < -0.3 is 14.8 Å². The fourth-order valence-electron chi connectivity index (χ4n) is 1.97. The van der Waals surface area contributed by atoms with Crippen LogP contribution >= 0.6 is 0 Å². The molecule has 1 N–H and O–H groups in total. The second-order valence-corrected chi connectivity index (χ2v) is 4.18. The number of carbonyl (C=O) groups is 2. The largest absolute Gasteiger partial charge is 0.496 e. The van der Waals surface area contributed by atoms with Crippen LogP contribution in [-0.4, -0.2) is 33.0 Å². The Morgan fingerprint density at radius 2 is 1.95 bits per heavy atom. The van der Waals surface area contributed by atoms with Crippen LogP contribution in [-0.2, 0) is 16.0 Å². The zero-order chi connectivity index (χ0) is 14.4. The number of benzene rings is 1. The van der Waals surface area contributed by atoms with Gasteiger partial charge in [-0.25, -0.2) is 0 Å². The number of rotatable bonds is 6. The molecule has 0 heterocycles. The van der Waals surface area contributed by atoms with E-state index < -0.39 is 5.91 Å². The first-order chi connectivity index (χ1) is 9.04. The number of hydrogen-bond donors (Lipinski definition) is 1. The first kappa shape index (κ1) is 15.0. The summed E-state index contributed by atoms with van der Waals surface area (Å²) in [5.74, 6) is 0.962. The summed E-state index contributed by atoms with van der Waals surface area (Å²) >= 11 is 0. The van der Waals surface area contributed by atoms with Gasteiger partial charge >= 0.3 is 0 Å². The minimum absolute atomic E-state index is 0.262. The lowest BCUT2D eigenvalue weighted by Crippen LogP contribution is -2.26. The molecule has 0 saturated heterocycles. The predicted molar refractivity (Wildman–Crippen MR) is 71.8 cm³/mol. The Labute approximate surface area is 112 Å². The van der Waals surface area contributed by atoms with Gasteiger partial charge in [0.15, 0.2) is 0 Å². The molecule has 0 aliphatic carbocycles. The number of hydrogen-bond acceptors (Lipinski definition) is 4. The number of methoxy groups -OCH3 is 2. The van der Waals surface area contributed by atoms with Gasteiger partial charge in [-0.2, -0.15) is 0 Å². The number of ether oxygens (including phenoxy) is 2. The molecule has 0 fully saturated rings. The van der Waals surface area contributed by atoms with E-state index in [1.54, 1.807) is 14.2 Å². The number of carbonyl (C=O) groups excluding carboxylic acids is 2. The van der Waals surface area contributed by atoms with Crippen molar-refractivity contribution in [3.63, 3.8) is 0 Å². The molecule has 0 aliphatic rings. The molecular weight excluding hydrogens is 246 g/mol. The van der Waals surface area contributed by atoms with Crippen molar-refractivity contribution in [2.45, 2.75) is 20.3 Å². The molecule has 1 amide bonds. The maximum atomic E-state index is 10.9. The molecular formula is C14H19NO4. The van der Waals surface area contributed by atoms with E-state index in [1.807, 2.05) is 19.9 Å². The lowest BCUT2D eigenvalue weighted by molar-refractivity contribution is -0.131. The average Bonchev–Trinajstić information content (AvgIpc) is 2.42. The van der Waals surface area contributed by atoms with Gasteiger partial charge in [0.1, 0.15) is 11.5 Å². The molecule has 0 bridgehead atoms. The highest BCUT2D eigenvalue weighted by molar-refractivity contribution is 6.23. The van der Waals surface area contributed by atoms with Crippen LogP contribution in [0.3, 0.4) is 0 Å². The second-order valence-electron chi connectivity index (χ2n) is 4.18. The molecule has 1 aromatic carbocycles. The fourth-order valence-corrected chi connectivity index (χ4v) is 1.97. The molecule has 104 valence electrons. The number of aldehydes is 1. The number of nitrogens with one attached hydrogen (secondary N) is 1. The predicted octanol–water partition coefficient (Wildman–Crippen LogP) is 1.18. The summed E-state index contributed by atoms with van der Waals surface area (Å²) in [6, 6.07) is 1.90. The van der Waals surface area contributed by atoms with Crippen LogP contribution < -0.4 is 14.8 Å². The van der Waals surface area contributed by atoms with Gasteiger partial charge in [0.05, 0.1) is 14.2 Å². The van der Waals surface area contributed by atoms with Gasteiger partial charge in [-0.15, -0.1) is 0 Å². The van der Waals surface area contributed by atoms with E-state index in [0.29, 0.717) is 13.0 Å². The van der Waals surface area contributed by atoms with Gasteiger partial charge in [0.25, 0.3) is 5.91 Å². The maximum absolute atomic E-state index is 10.9. The zero-order valence-corrected chi connectivity index (χ0v) is 11.7. The summed E-state index contributed by atoms with van der Waals surface area (Å²) in [7, 11) is 3.23. The van der Waals surface area contributed by atoms with Crippen molar-refractivity contribution in [1.82, 2.24) is 5.32 Å². The Morgan fingerprint density at radius 1 is 1.26 bits per heavy atom. The molecule has 1 rings (SSSR count). The minimum atomic E-state index is -0.616. The van der Waals surface area contributed by atoms with Crippen molar-refractivity contribution in [2.75, 3.05) is 20.8 Å². The summed E-state index contributed by atoms with van der Waals surface area (Å²) in [4.78, 5) is 21.1. The summed E-state index contributed by atoms with van der Waals surface area (Å²) in [5.41, 5.74) is 2.98. The molecule has 5 nitrogen and oxygen atoms in total. The molecule has 5 heteroatoms. The first-order valence-electron chi connectivity index (χ1n) is 5.99. The molecule has 0 saturated carbocycles. The Morgan fingerprint density at radius 3 is 2.47 bits per heavy atom. The first-order valence-corrected chi connectivity index (χ1v) is 5.99. The van der Waals surface area contributed by atoms with Crippen molar-refractivity contribution in [3.05, 3.63) is 22.8 Å². The molecule has 0 unspecified atom stereocenters. The molecule has 19 heavy (non-hydrogen) atoms. The van der Waals surface area contributed by atoms with Crippen LogP contribution in [0.25, 0.3) is 0 Å². The van der Waals surface area contributed by atoms with E-state index in [2.05, 4.69) is 5.32 Å². The highest BCUT2D eigenvalue weighted by Gasteiger charge is 2.13. The van der Waals surface area contributed by atoms with E-state index in [4.69, 9.17) is 9.47 Å². The van der Waals surface area contributed by atoms with Crippen LogP contribution in [0.5, 0.6) is 11.5 Å². The minimum Gasteiger partial charge on any atom is -0.496 e. The molecule has 0 spiro atoms. The molecule has 1 aromatic rings. The van der Waals surface area contributed by atoms with Crippen LogP contribution in [0, 0.1) is 13.8 Å². The third kappa shape index (κ3) is 3.47. The van der Waals surface area contributed by atoms with E-state index >= 15 is 0 Å². The van der Waals surface area contributed by atoms with E-state index in [1.165, 1.54) is 0 Å².